The van der Waals surface area contributed by atoms with E-state index in [1.54, 1.807) is 4.90 Å². The Labute approximate surface area is 339 Å². The maximum Gasteiger partial charge on any atom is 0.303 e. The average molecular weight is 798 g/mol. The highest BCUT2D eigenvalue weighted by atomic mass is 16.5. The number of aliphatic hydroxyl groups excluding tert-OH is 3. The van der Waals surface area contributed by atoms with Crippen molar-refractivity contribution >= 4 is 23.7 Å². The van der Waals surface area contributed by atoms with Gasteiger partial charge in [-0.2, -0.15) is 0 Å². The Bertz CT molecular complexity index is 1020. The van der Waals surface area contributed by atoms with Crippen LogP contribution in [0.4, 0.5) is 0 Å². The predicted molar refractivity (Wildman–Crippen MR) is 222 cm³/mol. The van der Waals surface area contributed by atoms with Gasteiger partial charge in [-0.05, 0) is 12.8 Å². The van der Waals surface area contributed by atoms with E-state index in [1.165, 1.54) is 122 Å². The number of carboxylic acid groups (broad SMARTS) is 1. The van der Waals surface area contributed by atoms with E-state index in [-0.39, 0.29) is 25.2 Å². The number of ether oxygens (including phenoxy) is 1. The van der Waals surface area contributed by atoms with Crippen molar-refractivity contribution in [2.24, 2.45) is 0 Å². The fourth-order valence-corrected chi connectivity index (χ4v) is 7.55. The number of rotatable bonds is 37. The standard InChI is InChI=1S/C44H83N3O9/c1-3-5-7-9-11-13-15-16-17-18-19-21-23-25-27-29-33-47(39(51)30-28-26-24-22-20-14-12-10-8-6-4-2)44-41(43(55)42(54)36(35-48)56-44)46-38(50)34-45-37(49)31-32-40(52)53/h36,41-44,48,54-55H,3-35H2,1-2H3,(H,45,49)(H,46,50)(H,52,53)/t36-,41+,42+,43-,44-/m1/s1. The third kappa shape index (κ3) is 25.2. The van der Waals surface area contributed by atoms with Gasteiger partial charge in [0.1, 0.15) is 24.4 Å². The lowest BCUT2D eigenvalue weighted by atomic mass is 9.94. The normalized spacial score (nSPS) is 19.5. The van der Waals surface area contributed by atoms with E-state index in [4.69, 9.17) is 9.84 Å². The number of hydrogen-bond donors (Lipinski definition) is 6. The van der Waals surface area contributed by atoms with Crippen LogP contribution >= 0.6 is 0 Å². The van der Waals surface area contributed by atoms with E-state index < -0.39 is 61.5 Å². The summed E-state index contributed by atoms with van der Waals surface area (Å²) in [7, 11) is 0. The monoisotopic (exact) mass is 798 g/mol. The number of hydrogen-bond acceptors (Lipinski definition) is 8. The van der Waals surface area contributed by atoms with Gasteiger partial charge in [0, 0.05) is 19.4 Å². The molecule has 0 bridgehead atoms. The Kier molecular flexibility index (Phi) is 32.1. The van der Waals surface area contributed by atoms with Crippen molar-refractivity contribution in [3.05, 3.63) is 0 Å². The molecule has 0 spiro atoms. The van der Waals surface area contributed by atoms with Gasteiger partial charge in [-0.15, -0.1) is 0 Å². The highest BCUT2D eigenvalue weighted by Gasteiger charge is 2.48. The number of carbonyl (C=O) groups excluding carboxylic acids is 3. The minimum atomic E-state index is -1.55. The van der Waals surface area contributed by atoms with Crippen molar-refractivity contribution in [2.75, 3.05) is 19.7 Å². The second-order valence-corrected chi connectivity index (χ2v) is 16.2. The fourth-order valence-electron chi connectivity index (χ4n) is 7.55. The van der Waals surface area contributed by atoms with Gasteiger partial charge in [0.2, 0.25) is 17.7 Å². The Morgan fingerprint density at radius 3 is 1.41 bits per heavy atom. The van der Waals surface area contributed by atoms with Gasteiger partial charge in [-0.1, -0.05) is 174 Å². The molecule has 12 heteroatoms. The second-order valence-electron chi connectivity index (χ2n) is 16.2. The van der Waals surface area contributed by atoms with Crippen LogP contribution in [0.2, 0.25) is 0 Å². The van der Waals surface area contributed by atoms with Crippen LogP contribution < -0.4 is 10.6 Å². The largest absolute Gasteiger partial charge is 0.481 e. The van der Waals surface area contributed by atoms with Crippen molar-refractivity contribution < 1.29 is 44.3 Å². The van der Waals surface area contributed by atoms with E-state index >= 15 is 0 Å². The molecule has 0 unspecified atom stereocenters. The number of unbranched alkanes of at least 4 members (excludes halogenated alkanes) is 25. The first kappa shape index (κ1) is 51.7. The van der Waals surface area contributed by atoms with Crippen LogP contribution in [0.15, 0.2) is 0 Å². The molecular formula is C44H83N3O9. The summed E-state index contributed by atoms with van der Waals surface area (Å²) in [6.45, 7) is 3.74. The first-order chi connectivity index (χ1) is 27.2. The fraction of sp³-hybridized carbons (Fsp3) is 0.909. The van der Waals surface area contributed by atoms with Gasteiger partial charge >= 0.3 is 5.97 Å². The van der Waals surface area contributed by atoms with Crippen molar-refractivity contribution in [1.29, 1.82) is 0 Å². The molecule has 1 aliphatic heterocycles. The lowest BCUT2D eigenvalue weighted by Gasteiger charge is -2.47. The van der Waals surface area contributed by atoms with E-state index in [1.807, 2.05) is 0 Å². The molecule has 1 heterocycles. The van der Waals surface area contributed by atoms with Gasteiger partial charge in [-0.3, -0.25) is 19.2 Å². The van der Waals surface area contributed by atoms with Crippen molar-refractivity contribution in [3.63, 3.8) is 0 Å². The first-order valence-electron chi connectivity index (χ1n) is 22.9. The summed E-state index contributed by atoms with van der Waals surface area (Å²) in [5, 5.41) is 45.7. The average Bonchev–Trinajstić information content (AvgIpc) is 3.18. The number of aliphatic carboxylic acids is 1. The third-order valence-corrected chi connectivity index (χ3v) is 11.1. The van der Waals surface area contributed by atoms with Crippen molar-refractivity contribution in [1.82, 2.24) is 15.5 Å². The van der Waals surface area contributed by atoms with Crippen molar-refractivity contribution in [2.45, 2.75) is 237 Å². The molecule has 0 aromatic rings. The van der Waals surface area contributed by atoms with Gasteiger partial charge in [0.05, 0.1) is 19.6 Å². The van der Waals surface area contributed by atoms with Crippen LogP contribution in [0, 0.1) is 0 Å². The minimum Gasteiger partial charge on any atom is -0.481 e. The molecule has 0 radical (unpaired) electrons. The van der Waals surface area contributed by atoms with Crippen molar-refractivity contribution in [3.8, 4) is 0 Å². The number of carboxylic acids is 1. The summed E-state index contributed by atoms with van der Waals surface area (Å²) in [5.74, 6) is -2.62. The number of nitrogens with zero attached hydrogens (tertiary/aromatic N) is 1. The number of aliphatic hydroxyl groups is 3. The zero-order valence-corrected chi connectivity index (χ0v) is 35.5. The molecule has 1 rings (SSSR count). The summed E-state index contributed by atoms with van der Waals surface area (Å²) in [5.41, 5.74) is 0. The molecular weight excluding hydrogens is 714 g/mol. The predicted octanol–water partition coefficient (Wildman–Crippen LogP) is 7.68. The maximum absolute atomic E-state index is 13.9. The summed E-state index contributed by atoms with van der Waals surface area (Å²) in [4.78, 5) is 51.2. The Morgan fingerprint density at radius 1 is 0.554 bits per heavy atom. The zero-order valence-electron chi connectivity index (χ0n) is 35.5. The molecule has 0 aromatic heterocycles. The van der Waals surface area contributed by atoms with E-state index in [2.05, 4.69) is 24.5 Å². The van der Waals surface area contributed by atoms with Crippen LogP contribution in [0.5, 0.6) is 0 Å². The SMILES string of the molecule is CCCCCCCCCCCCCCCCCCN(C(=O)CCCCCCCCCCCCC)[C@@H]1O[C@H](CO)[C@H](O)[C@H](O)[C@@H]1NC(=O)CNC(=O)CCC(=O)O. The minimum absolute atomic E-state index is 0.173. The van der Waals surface area contributed by atoms with Gasteiger partial charge in [0.25, 0.3) is 0 Å². The Hall–Kier alpha value is -2.28. The molecule has 1 saturated heterocycles. The highest BCUT2D eigenvalue weighted by molar-refractivity contribution is 5.86. The molecule has 0 aromatic carbocycles. The summed E-state index contributed by atoms with van der Waals surface area (Å²) in [6.07, 6.45) is 26.5. The smallest absolute Gasteiger partial charge is 0.303 e. The molecule has 12 nitrogen and oxygen atoms in total. The quantitative estimate of drug-likeness (QED) is 0.0343. The van der Waals surface area contributed by atoms with E-state index in [9.17, 15) is 34.5 Å². The molecule has 1 fully saturated rings. The molecule has 6 N–H and O–H groups in total. The van der Waals surface area contributed by atoms with Crippen LogP contribution in [0.25, 0.3) is 0 Å². The second kappa shape index (κ2) is 34.7. The zero-order chi connectivity index (χ0) is 41.2. The van der Waals surface area contributed by atoms with E-state index in [0.29, 0.717) is 19.4 Å². The molecule has 3 amide bonds. The molecule has 328 valence electrons. The topological polar surface area (TPSA) is 186 Å². The Balaban J connectivity index is 2.74. The molecule has 56 heavy (non-hydrogen) atoms. The lowest BCUT2D eigenvalue weighted by molar-refractivity contribution is -0.231. The number of amides is 3. The molecule has 5 atom stereocenters. The van der Waals surface area contributed by atoms with Gasteiger partial charge < -0.3 is 40.7 Å². The maximum atomic E-state index is 13.9. The summed E-state index contributed by atoms with van der Waals surface area (Å²) in [6, 6.07) is -1.22. The van der Waals surface area contributed by atoms with Gasteiger partial charge in [0.15, 0.2) is 6.23 Å². The molecule has 0 saturated carbocycles. The number of nitrogens with one attached hydrogen (secondary N) is 2. The highest BCUT2D eigenvalue weighted by Crippen LogP contribution is 2.26. The molecule has 0 aliphatic carbocycles. The lowest BCUT2D eigenvalue weighted by Crippen LogP contribution is -2.69. The summed E-state index contributed by atoms with van der Waals surface area (Å²) < 4.78 is 6.07. The summed E-state index contributed by atoms with van der Waals surface area (Å²) >= 11 is 0. The number of carbonyl (C=O) groups is 4. The van der Waals surface area contributed by atoms with Crippen LogP contribution in [-0.4, -0.2) is 99.3 Å². The third-order valence-electron chi connectivity index (χ3n) is 11.1. The van der Waals surface area contributed by atoms with E-state index in [0.717, 1.165) is 38.5 Å². The Morgan fingerprint density at radius 2 is 0.982 bits per heavy atom. The molecule has 1 aliphatic rings. The van der Waals surface area contributed by atoms with Crippen LogP contribution in [-0.2, 0) is 23.9 Å². The van der Waals surface area contributed by atoms with Gasteiger partial charge in [-0.25, -0.2) is 0 Å². The first-order valence-corrected chi connectivity index (χ1v) is 22.9. The van der Waals surface area contributed by atoms with Crippen LogP contribution in [0.3, 0.4) is 0 Å². The van der Waals surface area contributed by atoms with Crippen LogP contribution in [0.1, 0.15) is 206 Å².